The summed E-state index contributed by atoms with van der Waals surface area (Å²) < 4.78 is 0. The molecule has 0 aliphatic rings. The van der Waals surface area contributed by atoms with Crippen molar-refractivity contribution in [2.45, 2.75) is 38.0 Å². The highest BCUT2D eigenvalue weighted by molar-refractivity contribution is 7.98. The van der Waals surface area contributed by atoms with Gasteiger partial charge in [-0.05, 0) is 48.1 Å². The summed E-state index contributed by atoms with van der Waals surface area (Å²) in [5.74, 6) is -0.741. The first kappa shape index (κ1) is 27.0. The van der Waals surface area contributed by atoms with E-state index in [-0.39, 0.29) is 12.3 Å². The summed E-state index contributed by atoms with van der Waals surface area (Å²) in [5, 5.41) is 12.2. The van der Waals surface area contributed by atoms with Gasteiger partial charge in [0, 0.05) is 23.6 Å². The molecule has 0 saturated carbocycles. The van der Waals surface area contributed by atoms with E-state index < -0.39 is 23.9 Å². The zero-order chi connectivity index (χ0) is 25.8. The summed E-state index contributed by atoms with van der Waals surface area (Å²) in [6, 6.07) is 25.4. The Morgan fingerprint density at radius 3 is 1.94 bits per heavy atom. The number of thioether (sulfide) groups is 1. The fourth-order valence-corrected chi connectivity index (χ4v) is 4.70. The maximum absolute atomic E-state index is 13.1. The van der Waals surface area contributed by atoms with Gasteiger partial charge >= 0.3 is 12.0 Å². The SMILES string of the molecule is CCCN(C(=O)N[C@@H](CSCc1ccccc1)C(=O)O)C(=O)c1ccc(CCc2ccccc2)cc1. The molecule has 188 valence electrons. The van der Waals surface area contributed by atoms with Crippen LogP contribution in [0.2, 0.25) is 0 Å². The molecule has 36 heavy (non-hydrogen) atoms. The predicted octanol–water partition coefficient (Wildman–Crippen LogP) is 5.42. The molecule has 0 aliphatic carbocycles. The van der Waals surface area contributed by atoms with E-state index in [9.17, 15) is 19.5 Å². The topological polar surface area (TPSA) is 86.7 Å². The van der Waals surface area contributed by atoms with Crippen LogP contribution in [0.15, 0.2) is 84.9 Å². The Bertz CT molecular complexity index is 1120. The molecule has 0 unspecified atom stereocenters. The third-order valence-corrected chi connectivity index (χ3v) is 6.78. The van der Waals surface area contributed by atoms with Crippen LogP contribution < -0.4 is 5.32 Å². The first-order valence-corrected chi connectivity index (χ1v) is 13.2. The molecule has 0 bridgehead atoms. The fraction of sp³-hybridized carbons (Fsp3) is 0.276. The number of nitrogens with zero attached hydrogens (tertiary/aromatic N) is 1. The summed E-state index contributed by atoms with van der Waals surface area (Å²) in [6.45, 7) is 2.06. The van der Waals surface area contributed by atoms with Crippen molar-refractivity contribution >= 4 is 29.7 Å². The van der Waals surface area contributed by atoms with Crippen molar-refractivity contribution in [1.82, 2.24) is 10.2 Å². The lowest BCUT2D eigenvalue weighted by Gasteiger charge is -2.23. The van der Waals surface area contributed by atoms with Gasteiger partial charge in [-0.25, -0.2) is 9.59 Å². The fourth-order valence-electron chi connectivity index (χ4n) is 3.69. The highest BCUT2D eigenvalue weighted by Gasteiger charge is 2.27. The van der Waals surface area contributed by atoms with Crippen molar-refractivity contribution in [3.05, 3.63) is 107 Å². The van der Waals surface area contributed by atoms with Gasteiger partial charge in [0.05, 0.1) is 0 Å². The minimum atomic E-state index is -1.13. The van der Waals surface area contributed by atoms with Gasteiger partial charge in [0.1, 0.15) is 6.04 Å². The molecule has 6 nitrogen and oxygen atoms in total. The molecular weight excluding hydrogens is 472 g/mol. The molecule has 3 aromatic rings. The third kappa shape index (κ3) is 8.27. The molecule has 7 heteroatoms. The van der Waals surface area contributed by atoms with E-state index in [1.807, 2.05) is 67.6 Å². The second-order valence-corrected chi connectivity index (χ2v) is 9.51. The van der Waals surface area contributed by atoms with E-state index in [0.717, 1.165) is 28.9 Å². The first-order valence-electron chi connectivity index (χ1n) is 12.1. The zero-order valence-electron chi connectivity index (χ0n) is 20.4. The quantitative estimate of drug-likeness (QED) is 0.344. The summed E-state index contributed by atoms with van der Waals surface area (Å²) in [6.07, 6.45) is 2.31. The van der Waals surface area contributed by atoms with Gasteiger partial charge in [-0.1, -0.05) is 79.7 Å². The van der Waals surface area contributed by atoms with Crippen molar-refractivity contribution in [1.29, 1.82) is 0 Å². The van der Waals surface area contributed by atoms with E-state index in [0.29, 0.717) is 17.7 Å². The maximum Gasteiger partial charge on any atom is 0.327 e. The van der Waals surface area contributed by atoms with Crippen molar-refractivity contribution in [3.8, 4) is 0 Å². The van der Waals surface area contributed by atoms with Gasteiger partial charge in [0.25, 0.3) is 5.91 Å². The van der Waals surface area contributed by atoms with Crippen LogP contribution in [0.25, 0.3) is 0 Å². The number of carbonyl (C=O) groups is 3. The second kappa shape index (κ2) is 14.1. The number of rotatable bonds is 12. The molecule has 3 rings (SSSR count). The highest BCUT2D eigenvalue weighted by Crippen LogP contribution is 2.15. The number of carboxylic acids is 1. The largest absolute Gasteiger partial charge is 0.480 e. The number of nitrogens with one attached hydrogen (secondary N) is 1. The molecule has 0 saturated heterocycles. The number of carbonyl (C=O) groups excluding carboxylic acids is 2. The standard InChI is InChI=1S/C29H32N2O4S/c1-2-19-31(29(35)30-26(28(33)34)21-36-20-24-11-7-4-8-12-24)27(32)25-17-15-23(16-18-25)14-13-22-9-5-3-6-10-22/h3-12,15-18,26H,2,13-14,19-21H2,1H3,(H,30,35)(H,33,34)/t26-/m0/s1. The number of imide groups is 1. The molecule has 3 amide bonds. The summed E-state index contributed by atoms with van der Waals surface area (Å²) in [5.41, 5.74) is 3.82. The van der Waals surface area contributed by atoms with Gasteiger partial charge < -0.3 is 10.4 Å². The number of hydrogen-bond donors (Lipinski definition) is 2. The Labute approximate surface area is 216 Å². The van der Waals surface area contributed by atoms with Gasteiger partial charge in [-0.15, -0.1) is 0 Å². The van der Waals surface area contributed by atoms with Crippen LogP contribution in [0.1, 0.15) is 40.4 Å². The Morgan fingerprint density at radius 2 is 1.39 bits per heavy atom. The average molecular weight is 505 g/mol. The molecule has 0 heterocycles. The average Bonchev–Trinajstić information content (AvgIpc) is 2.91. The van der Waals surface area contributed by atoms with Gasteiger partial charge in [0.15, 0.2) is 0 Å². The van der Waals surface area contributed by atoms with Crippen molar-refractivity contribution in [3.63, 3.8) is 0 Å². The summed E-state index contributed by atoms with van der Waals surface area (Å²) in [4.78, 5) is 38.9. The van der Waals surface area contributed by atoms with Crippen molar-refractivity contribution in [2.24, 2.45) is 0 Å². The second-order valence-electron chi connectivity index (χ2n) is 8.48. The zero-order valence-corrected chi connectivity index (χ0v) is 21.2. The maximum atomic E-state index is 13.1. The summed E-state index contributed by atoms with van der Waals surface area (Å²) in [7, 11) is 0. The van der Waals surface area contributed by atoms with Gasteiger partial charge in [-0.3, -0.25) is 9.69 Å². The first-order chi connectivity index (χ1) is 17.5. The molecule has 0 aromatic heterocycles. The van der Waals surface area contributed by atoms with Crippen LogP contribution in [0.3, 0.4) is 0 Å². The molecule has 0 spiro atoms. The monoisotopic (exact) mass is 504 g/mol. The summed E-state index contributed by atoms with van der Waals surface area (Å²) >= 11 is 1.42. The molecule has 2 N–H and O–H groups in total. The lowest BCUT2D eigenvalue weighted by Crippen LogP contribution is -2.51. The Kier molecular flexibility index (Phi) is 10.6. The van der Waals surface area contributed by atoms with Crippen LogP contribution in [0, 0.1) is 0 Å². The molecule has 0 fully saturated rings. The minimum absolute atomic E-state index is 0.195. The Morgan fingerprint density at radius 1 is 0.833 bits per heavy atom. The number of urea groups is 1. The highest BCUT2D eigenvalue weighted by atomic mass is 32.2. The Balaban J connectivity index is 1.59. The van der Waals surface area contributed by atoms with E-state index in [2.05, 4.69) is 17.4 Å². The van der Waals surface area contributed by atoms with Crippen LogP contribution in [-0.4, -0.2) is 46.3 Å². The minimum Gasteiger partial charge on any atom is -0.480 e. The number of carboxylic acid groups (broad SMARTS) is 1. The lowest BCUT2D eigenvalue weighted by molar-refractivity contribution is -0.138. The predicted molar refractivity (Wildman–Crippen MR) is 144 cm³/mol. The van der Waals surface area contributed by atoms with Crippen LogP contribution in [0.4, 0.5) is 4.79 Å². The normalized spacial score (nSPS) is 11.5. The lowest BCUT2D eigenvalue weighted by atomic mass is 10.0. The molecule has 1 atom stereocenters. The molecule has 0 radical (unpaired) electrons. The number of hydrogen-bond acceptors (Lipinski definition) is 4. The van der Waals surface area contributed by atoms with Crippen LogP contribution in [0.5, 0.6) is 0 Å². The number of amides is 3. The van der Waals surface area contributed by atoms with Crippen LogP contribution >= 0.6 is 11.8 Å². The third-order valence-electron chi connectivity index (χ3n) is 5.68. The van der Waals surface area contributed by atoms with Crippen LogP contribution in [-0.2, 0) is 23.4 Å². The van der Waals surface area contributed by atoms with Crippen molar-refractivity contribution < 1.29 is 19.5 Å². The van der Waals surface area contributed by atoms with E-state index >= 15 is 0 Å². The van der Waals surface area contributed by atoms with Gasteiger partial charge in [0.2, 0.25) is 0 Å². The van der Waals surface area contributed by atoms with Crippen molar-refractivity contribution in [2.75, 3.05) is 12.3 Å². The molecule has 3 aromatic carbocycles. The van der Waals surface area contributed by atoms with E-state index in [1.165, 1.54) is 17.3 Å². The number of aryl methyl sites for hydroxylation is 2. The van der Waals surface area contributed by atoms with E-state index in [1.54, 1.807) is 12.1 Å². The molecular formula is C29H32N2O4S. The molecule has 0 aliphatic heterocycles. The number of aliphatic carboxylic acids is 1. The van der Waals surface area contributed by atoms with E-state index in [4.69, 9.17) is 0 Å². The van der Waals surface area contributed by atoms with Gasteiger partial charge in [-0.2, -0.15) is 11.8 Å². The smallest absolute Gasteiger partial charge is 0.327 e. The number of benzene rings is 3. The Hall–Kier alpha value is -3.58.